The molecule has 0 saturated carbocycles. The fourth-order valence-electron chi connectivity index (χ4n) is 5.03. The van der Waals surface area contributed by atoms with E-state index in [1.807, 2.05) is 49.5 Å². The number of hydrogen-bond donors (Lipinski definition) is 0. The van der Waals surface area contributed by atoms with Crippen molar-refractivity contribution in [1.29, 1.82) is 0 Å². The molecule has 1 spiro atoms. The molecule has 0 aliphatic carbocycles. The Balaban J connectivity index is 1.48. The predicted octanol–water partition coefficient (Wildman–Crippen LogP) is 2.87. The zero-order valence-electron chi connectivity index (χ0n) is 19.8. The number of likely N-dealkylation sites (tertiary alicyclic amines) is 1. The van der Waals surface area contributed by atoms with E-state index in [1.54, 1.807) is 6.20 Å². The summed E-state index contributed by atoms with van der Waals surface area (Å²) in [6.45, 7) is 4.32. The molecule has 0 atom stereocenters. The number of imide groups is 1. The van der Waals surface area contributed by atoms with Gasteiger partial charge in [-0.1, -0.05) is 36.4 Å². The summed E-state index contributed by atoms with van der Waals surface area (Å²) in [6, 6.07) is 14.1. The van der Waals surface area contributed by atoms with E-state index >= 15 is 0 Å². The van der Waals surface area contributed by atoms with Crippen molar-refractivity contribution >= 4 is 11.9 Å². The van der Waals surface area contributed by atoms with Crippen LogP contribution in [-0.2, 0) is 17.8 Å². The number of hydrogen-bond acceptors (Lipinski definition) is 5. The summed E-state index contributed by atoms with van der Waals surface area (Å²) in [5, 5.41) is 0. The molecule has 0 N–H and O–H groups in total. The summed E-state index contributed by atoms with van der Waals surface area (Å²) in [6.07, 6.45) is 6.58. The van der Waals surface area contributed by atoms with E-state index in [1.165, 1.54) is 16.0 Å². The van der Waals surface area contributed by atoms with Gasteiger partial charge in [0.2, 0.25) is 0 Å². The number of piperidine rings is 1. The number of amides is 3. The molecule has 7 nitrogen and oxygen atoms in total. The molecule has 2 aliphatic rings. The molecule has 33 heavy (non-hydrogen) atoms. The second-order valence-corrected chi connectivity index (χ2v) is 9.45. The number of pyridine rings is 1. The number of benzene rings is 1. The van der Waals surface area contributed by atoms with Crippen molar-refractivity contribution in [3.05, 3.63) is 66.0 Å². The highest BCUT2D eigenvalue weighted by molar-refractivity contribution is 6.07. The van der Waals surface area contributed by atoms with Crippen molar-refractivity contribution in [2.24, 2.45) is 0 Å². The second-order valence-electron chi connectivity index (χ2n) is 9.45. The molecule has 2 aromatic rings. The normalized spacial score (nSPS) is 18.6. The molecule has 1 aromatic carbocycles. The van der Waals surface area contributed by atoms with Gasteiger partial charge in [0, 0.05) is 45.1 Å². The first-order valence-corrected chi connectivity index (χ1v) is 11.9. The lowest BCUT2D eigenvalue weighted by Crippen LogP contribution is -2.56. The van der Waals surface area contributed by atoms with Gasteiger partial charge in [0.05, 0.1) is 0 Å². The van der Waals surface area contributed by atoms with Crippen LogP contribution in [0.2, 0.25) is 0 Å². The third-order valence-corrected chi connectivity index (χ3v) is 6.89. The van der Waals surface area contributed by atoms with Gasteiger partial charge in [-0.15, -0.1) is 0 Å². The maximum Gasteiger partial charge on any atom is 0.327 e. The zero-order valence-corrected chi connectivity index (χ0v) is 19.8. The van der Waals surface area contributed by atoms with Crippen LogP contribution in [0, 0.1) is 0 Å². The van der Waals surface area contributed by atoms with Crippen molar-refractivity contribution in [1.82, 2.24) is 24.6 Å². The molecular formula is C26H35N5O2. The summed E-state index contributed by atoms with van der Waals surface area (Å²) >= 11 is 0. The second kappa shape index (κ2) is 10.4. The van der Waals surface area contributed by atoms with Gasteiger partial charge in [-0.3, -0.25) is 19.6 Å². The highest BCUT2D eigenvalue weighted by atomic mass is 16.2. The van der Waals surface area contributed by atoms with Crippen LogP contribution in [0.5, 0.6) is 0 Å². The Hall–Kier alpha value is -2.77. The molecule has 2 fully saturated rings. The maximum atomic E-state index is 13.7. The minimum atomic E-state index is -0.713. The molecule has 176 valence electrons. The molecule has 2 saturated heterocycles. The molecule has 2 aliphatic heterocycles. The Morgan fingerprint density at radius 2 is 1.70 bits per heavy atom. The van der Waals surface area contributed by atoms with E-state index in [9.17, 15) is 9.59 Å². The third-order valence-electron chi connectivity index (χ3n) is 6.89. The van der Waals surface area contributed by atoms with Crippen LogP contribution in [0.15, 0.2) is 54.9 Å². The van der Waals surface area contributed by atoms with E-state index in [0.717, 1.165) is 39.0 Å². The Morgan fingerprint density at radius 1 is 0.970 bits per heavy atom. The van der Waals surface area contributed by atoms with Crippen molar-refractivity contribution in [3.8, 4) is 0 Å². The monoisotopic (exact) mass is 449 g/mol. The summed E-state index contributed by atoms with van der Waals surface area (Å²) in [4.78, 5) is 39.2. The summed E-state index contributed by atoms with van der Waals surface area (Å²) in [7, 11) is 4.03. The van der Waals surface area contributed by atoms with Crippen molar-refractivity contribution in [2.45, 2.75) is 37.8 Å². The van der Waals surface area contributed by atoms with E-state index in [2.05, 4.69) is 33.0 Å². The van der Waals surface area contributed by atoms with Crippen LogP contribution in [0.25, 0.3) is 0 Å². The Kier molecular flexibility index (Phi) is 7.40. The van der Waals surface area contributed by atoms with Gasteiger partial charge in [-0.25, -0.2) is 4.79 Å². The average molecular weight is 450 g/mol. The number of nitrogens with zero attached hydrogens (tertiary/aromatic N) is 5. The largest absolute Gasteiger partial charge is 0.327 e. The minimum Gasteiger partial charge on any atom is -0.309 e. The van der Waals surface area contributed by atoms with Gasteiger partial charge in [0.15, 0.2) is 0 Å². The lowest BCUT2D eigenvalue weighted by molar-refractivity contribution is -0.135. The maximum absolute atomic E-state index is 13.7. The van der Waals surface area contributed by atoms with Crippen LogP contribution in [0.4, 0.5) is 4.79 Å². The van der Waals surface area contributed by atoms with Crippen molar-refractivity contribution in [2.75, 3.05) is 46.8 Å². The number of urea groups is 1. The quantitative estimate of drug-likeness (QED) is 0.551. The number of aromatic nitrogens is 1. The fourth-order valence-corrected chi connectivity index (χ4v) is 5.03. The van der Waals surface area contributed by atoms with Crippen molar-refractivity contribution < 1.29 is 9.59 Å². The van der Waals surface area contributed by atoms with Crippen LogP contribution in [0.3, 0.4) is 0 Å². The van der Waals surface area contributed by atoms with Gasteiger partial charge in [-0.05, 0) is 63.5 Å². The SMILES string of the molecule is CN(C)CCCN1C(=O)N(CCc2ccccc2)C2(CCN(Cc3cccnc3)CC2)C1=O. The number of carbonyl (C=O) groups excluding carboxylic acids is 2. The van der Waals surface area contributed by atoms with Gasteiger partial charge in [0.1, 0.15) is 5.54 Å². The smallest absolute Gasteiger partial charge is 0.309 e. The van der Waals surface area contributed by atoms with Crippen LogP contribution < -0.4 is 0 Å². The van der Waals surface area contributed by atoms with Crippen LogP contribution in [-0.4, -0.2) is 88.9 Å². The van der Waals surface area contributed by atoms with Gasteiger partial charge >= 0.3 is 6.03 Å². The molecular weight excluding hydrogens is 414 g/mol. The molecule has 7 heteroatoms. The highest BCUT2D eigenvalue weighted by Crippen LogP contribution is 2.38. The zero-order chi connectivity index (χ0) is 23.3. The molecule has 0 unspecified atom stereocenters. The fraction of sp³-hybridized carbons (Fsp3) is 0.500. The average Bonchev–Trinajstić information content (AvgIpc) is 3.01. The summed E-state index contributed by atoms with van der Waals surface area (Å²) in [5.74, 6) is 0.000320. The van der Waals surface area contributed by atoms with Crippen molar-refractivity contribution in [3.63, 3.8) is 0 Å². The molecule has 4 rings (SSSR count). The molecule has 0 bridgehead atoms. The van der Waals surface area contributed by atoms with E-state index < -0.39 is 5.54 Å². The van der Waals surface area contributed by atoms with Crippen LogP contribution in [0.1, 0.15) is 30.4 Å². The molecule has 0 radical (unpaired) electrons. The Bertz CT molecular complexity index is 926. The highest BCUT2D eigenvalue weighted by Gasteiger charge is 2.57. The van der Waals surface area contributed by atoms with Gasteiger partial charge in [-0.2, -0.15) is 0 Å². The van der Waals surface area contributed by atoms with Gasteiger partial charge < -0.3 is 9.80 Å². The summed E-state index contributed by atoms with van der Waals surface area (Å²) in [5.41, 5.74) is 1.65. The molecule has 1 aromatic heterocycles. The van der Waals surface area contributed by atoms with E-state index in [0.29, 0.717) is 25.9 Å². The number of rotatable bonds is 9. The predicted molar refractivity (Wildman–Crippen MR) is 129 cm³/mol. The molecule has 3 amide bonds. The number of carbonyl (C=O) groups is 2. The first-order chi connectivity index (χ1) is 16.0. The van der Waals surface area contributed by atoms with Crippen LogP contribution >= 0.6 is 0 Å². The first kappa shape index (κ1) is 23.4. The lowest BCUT2D eigenvalue weighted by Gasteiger charge is -2.42. The standard InChI is InChI=1S/C26H35N5O2/c1-28(2)15-7-16-30-24(32)26(31(25(30)33)17-11-22-8-4-3-5-9-22)12-18-29(19-13-26)21-23-10-6-14-27-20-23/h3-6,8-10,14,20H,7,11-13,15-19,21H2,1-2H3. The Labute approximate surface area is 197 Å². The third kappa shape index (κ3) is 5.25. The topological polar surface area (TPSA) is 60.0 Å². The van der Waals surface area contributed by atoms with E-state index in [-0.39, 0.29) is 11.9 Å². The lowest BCUT2D eigenvalue weighted by atomic mass is 9.85. The molecule has 3 heterocycles. The summed E-state index contributed by atoms with van der Waals surface area (Å²) < 4.78 is 0. The first-order valence-electron chi connectivity index (χ1n) is 11.9. The van der Waals surface area contributed by atoms with E-state index in [4.69, 9.17) is 0 Å². The minimum absolute atomic E-state index is 0.000320. The van der Waals surface area contributed by atoms with Gasteiger partial charge in [0.25, 0.3) is 5.91 Å². The Morgan fingerprint density at radius 3 is 2.36 bits per heavy atom.